The monoisotopic (exact) mass is 185 g/mol. The minimum absolute atomic E-state index is 0.375. The van der Waals surface area contributed by atoms with E-state index in [0.717, 1.165) is 18.0 Å². The van der Waals surface area contributed by atoms with Crippen LogP contribution in [0.1, 0.15) is 26.7 Å². The molecule has 2 fully saturated rings. The van der Waals surface area contributed by atoms with Crippen LogP contribution in [0.4, 0.5) is 0 Å². The van der Waals surface area contributed by atoms with Crippen LogP contribution in [0.3, 0.4) is 0 Å². The first kappa shape index (κ1) is 10.5. The van der Waals surface area contributed by atoms with Gasteiger partial charge in [0, 0.05) is 12.1 Å². The number of likely N-dealkylation sites (tertiary alicyclic amines) is 1. The van der Waals surface area contributed by atoms with Gasteiger partial charge < -0.3 is 4.74 Å². The Bertz CT molecular complexity index is 170. The Hall–Kier alpha value is -0.570. The van der Waals surface area contributed by atoms with Crippen LogP contribution >= 0.6 is 0 Å². The number of hydrogen-bond donors (Lipinski definition) is 0. The van der Waals surface area contributed by atoms with Gasteiger partial charge in [0.1, 0.15) is 0 Å². The number of hydrogen-bond acceptors (Lipinski definition) is 3. The second-order valence-electron chi connectivity index (χ2n) is 4.02. The molecule has 0 aromatic carbocycles. The summed E-state index contributed by atoms with van der Waals surface area (Å²) in [6.45, 7) is 6.36. The molecule has 0 spiro atoms. The van der Waals surface area contributed by atoms with Crippen LogP contribution in [-0.2, 0) is 9.53 Å². The lowest BCUT2D eigenvalue weighted by Gasteiger charge is -2.21. The van der Waals surface area contributed by atoms with Crippen molar-refractivity contribution < 1.29 is 9.53 Å². The number of fused-ring (bicyclic) bond motifs is 1. The lowest BCUT2D eigenvalue weighted by atomic mass is 10.3. The van der Waals surface area contributed by atoms with E-state index in [1.165, 1.54) is 26.5 Å². The van der Waals surface area contributed by atoms with Gasteiger partial charge in [-0.25, -0.2) is 0 Å². The molecular formula is C10H19NO2. The van der Waals surface area contributed by atoms with Gasteiger partial charge >= 0.3 is 0 Å². The van der Waals surface area contributed by atoms with Gasteiger partial charge in [-0.05, 0) is 39.2 Å². The summed E-state index contributed by atoms with van der Waals surface area (Å²) in [6.07, 6.45) is 2.97. The van der Waals surface area contributed by atoms with Gasteiger partial charge in [0.15, 0.2) is 0 Å². The maximum absolute atomic E-state index is 8.95. The van der Waals surface area contributed by atoms with Crippen LogP contribution < -0.4 is 0 Å². The first-order chi connectivity index (χ1) is 6.20. The molecule has 1 aliphatic carbocycles. The Kier molecular flexibility index (Phi) is 3.72. The van der Waals surface area contributed by atoms with Crippen LogP contribution in [0.5, 0.6) is 0 Å². The third-order valence-electron chi connectivity index (χ3n) is 2.83. The van der Waals surface area contributed by atoms with Crippen molar-refractivity contribution in [3.05, 3.63) is 0 Å². The molecule has 0 N–H and O–H groups in total. The molecule has 1 saturated carbocycles. The van der Waals surface area contributed by atoms with E-state index in [0.29, 0.717) is 6.47 Å². The predicted octanol–water partition coefficient (Wildman–Crippen LogP) is 1.28. The van der Waals surface area contributed by atoms with E-state index in [1.54, 1.807) is 0 Å². The van der Waals surface area contributed by atoms with Crippen LogP contribution in [-0.4, -0.2) is 37.1 Å². The van der Waals surface area contributed by atoms with Gasteiger partial charge in [-0.15, -0.1) is 0 Å². The highest BCUT2D eigenvalue weighted by Gasteiger charge is 2.47. The van der Waals surface area contributed by atoms with Gasteiger partial charge in [-0.1, -0.05) is 0 Å². The quantitative estimate of drug-likeness (QED) is 0.607. The Morgan fingerprint density at radius 2 is 2.15 bits per heavy atom. The maximum atomic E-state index is 8.95. The summed E-state index contributed by atoms with van der Waals surface area (Å²) in [5.41, 5.74) is 0. The van der Waals surface area contributed by atoms with Crippen LogP contribution in [0, 0.1) is 5.92 Å². The third-order valence-corrected chi connectivity index (χ3v) is 2.83. The summed E-state index contributed by atoms with van der Waals surface area (Å²) >= 11 is 0. The summed E-state index contributed by atoms with van der Waals surface area (Å²) in [5.74, 6) is 1.10. The van der Waals surface area contributed by atoms with Gasteiger partial charge in [-0.2, -0.15) is 0 Å². The third kappa shape index (κ3) is 2.69. The number of carbonyl (C=O) groups is 1. The van der Waals surface area contributed by atoms with E-state index < -0.39 is 0 Å². The highest BCUT2D eigenvalue weighted by Crippen LogP contribution is 2.45. The maximum Gasteiger partial charge on any atom is 0.292 e. The zero-order chi connectivity index (χ0) is 9.84. The standard InChI is InChI=1S/C8H15N.C2H4O2/c1-6(2)9-4-3-7-5-8(7)9;1-4-2-3/h6-8H,3-5H2,1-2H3;2H,1H3. The van der Waals surface area contributed by atoms with Crippen LogP contribution in [0.15, 0.2) is 0 Å². The molecule has 0 bridgehead atoms. The lowest BCUT2D eigenvalue weighted by molar-refractivity contribution is -0.126. The fourth-order valence-corrected chi connectivity index (χ4v) is 2.07. The molecule has 0 radical (unpaired) electrons. The Morgan fingerprint density at radius 3 is 2.31 bits per heavy atom. The Balaban J connectivity index is 0.000000184. The largest absolute Gasteiger partial charge is 0.471 e. The Morgan fingerprint density at radius 1 is 1.54 bits per heavy atom. The molecule has 1 aliphatic heterocycles. The second-order valence-corrected chi connectivity index (χ2v) is 4.02. The van der Waals surface area contributed by atoms with Crippen molar-refractivity contribution in [3.63, 3.8) is 0 Å². The van der Waals surface area contributed by atoms with Gasteiger partial charge in [0.05, 0.1) is 7.11 Å². The van der Waals surface area contributed by atoms with Crippen molar-refractivity contribution in [1.82, 2.24) is 4.90 Å². The minimum Gasteiger partial charge on any atom is -0.471 e. The number of methoxy groups -OCH3 is 1. The van der Waals surface area contributed by atoms with Crippen molar-refractivity contribution in [2.75, 3.05) is 13.7 Å². The number of nitrogens with zero attached hydrogens (tertiary/aromatic N) is 1. The van der Waals surface area contributed by atoms with E-state index in [9.17, 15) is 0 Å². The van der Waals surface area contributed by atoms with Crippen molar-refractivity contribution in [3.8, 4) is 0 Å². The molecule has 1 heterocycles. The first-order valence-electron chi connectivity index (χ1n) is 4.93. The molecule has 2 rings (SSSR count). The second kappa shape index (κ2) is 4.61. The van der Waals surface area contributed by atoms with Crippen molar-refractivity contribution >= 4 is 6.47 Å². The van der Waals surface area contributed by atoms with E-state index in [1.807, 2.05) is 0 Å². The summed E-state index contributed by atoms with van der Waals surface area (Å²) in [7, 11) is 1.31. The van der Waals surface area contributed by atoms with E-state index >= 15 is 0 Å². The SMILES string of the molecule is CC(C)N1CCC2CC21.COC=O. The van der Waals surface area contributed by atoms with E-state index in [2.05, 4.69) is 23.5 Å². The molecule has 0 aromatic heterocycles. The lowest BCUT2D eigenvalue weighted by Crippen LogP contribution is -2.30. The van der Waals surface area contributed by atoms with Crippen molar-refractivity contribution in [1.29, 1.82) is 0 Å². The molecule has 3 heteroatoms. The van der Waals surface area contributed by atoms with Gasteiger partial charge in [-0.3, -0.25) is 9.69 Å². The van der Waals surface area contributed by atoms with Crippen LogP contribution in [0.25, 0.3) is 0 Å². The molecule has 13 heavy (non-hydrogen) atoms. The number of carbonyl (C=O) groups excluding carboxylic acids is 1. The topological polar surface area (TPSA) is 29.5 Å². The van der Waals surface area contributed by atoms with E-state index in [-0.39, 0.29) is 0 Å². The fourth-order valence-electron chi connectivity index (χ4n) is 2.07. The first-order valence-corrected chi connectivity index (χ1v) is 4.93. The van der Waals surface area contributed by atoms with Gasteiger partial charge in [0.25, 0.3) is 6.47 Å². The molecule has 2 atom stereocenters. The number of piperidine rings is 1. The fraction of sp³-hybridized carbons (Fsp3) is 0.900. The van der Waals surface area contributed by atoms with Crippen molar-refractivity contribution in [2.45, 2.75) is 38.8 Å². The predicted molar refractivity (Wildman–Crippen MR) is 51.4 cm³/mol. The molecule has 0 amide bonds. The molecule has 3 nitrogen and oxygen atoms in total. The van der Waals surface area contributed by atoms with Gasteiger partial charge in [0.2, 0.25) is 0 Å². The number of ether oxygens (including phenoxy) is 1. The summed E-state index contributed by atoms with van der Waals surface area (Å²) in [6, 6.07) is 1.80. The molecule has 0 aromatic rings. The zero-order valence-electron chi connectivity index (χ0n) is 8.69. The highest BCUT2D eigenvalue weighted by atomic mass is 16.5. The molecule has 2 aliphatic rings. The summed E-state index contributed by atoms with van der Waals surface area (Å²) in [4.78, 5) is 11.6. The van der Waals surface area contributed by atoms with Crippen molar-refractivity contribution in [2.24, 2.45) is 5.92 Å². The normalized spacial score (nSPS) is 30.5. The minimum atomic E-state index is 0.375. The summed E-state index contributed by atoms with van der Waals surface area (Å²) < 4.78 is 3.86. The molecule has 2 unspecified atom stereocenters. The highest BCUT2D eigenvalue weighted by molar-refractivity contribution is 5.36. The van der Waals surface area contributed by atoms with E-state index in [4.69, 9.17) is 4.79 Å². The molecule has 1 saturated heterocycles. The molecule has 76 valence electrons. The average molecular weight is 185 g/mol. The zero-order valence-corrected chi connectivity index (χ0v) is 8.69. The Labute approximate surface area is 80.1 Å². The van der Waals surface area contributed by atoms with Crippen LogP contribution in [0.2, 0.25) is 0 Å². The molecular weight excluding hydrogens is 166 g/mol. The smallest absolute Gasteiger partial charge is 0.292 e. The summed E-state index contributed by atoms with van der Waals surface area (Å²) in [5, 5.41) is 0. The number of rotatable bonds is 2. The average Bonchev–Trinajstić information content (AvgIpc) is 2.77.